The van der Waals surface area contributed by atoms with Crippen molar-refractivity contribution >= 4 is 23.2 Å². The summed E-state index contributed by atoms with van der Waals surface area (Å²) in [5.41, 5.74) is 5.43. The molecule has 1 rings (SSSR count). The number of nitrogens with two attached hydrogens (primary N) is 1. The van der Waals surface area contributed by atoms with Crippen LogP contribution in [0.5, 0.6) is 0 Å². The summed E-state index contributed by atoms with van der Waals surface area (Å²) in [4.78, 5) is 12.2. The van der Waals surface area contributed by atoms with E-state index in [0.29, 0.717) is 4.99 Å². The molecule has 1 aliphatic rings. The highest BCUT2D eigenvalue weighted by atomic mass is 32.1. The molecule has 0 saturated heterocycles. The lowest BCUT2D eigenvalue weighted by atomic mass is 10.0. The summed E-state index contributed by atoms with van der Waals surface area (Å²) in [5.74, 6) is 0.153. The topological polar surface area (TPSA) is 67.2 Å². The summed E-state index contributed by atoms with van der Waals surface area (Å²) in [7, 11) is 0. The van der Waals surface area contributed by atoms with Gasteiger partial charge in [-0.05, 0) is 33.6 Å². The highest BCUT2D eigenvalue weighted by Crippen LogP contribution is 2.25. The summed E-state index contributed by atoms with van der Waals surface area (Å²) in [6.45, 7) is 5.85. The minimum Gasteiger partial charge on any atom is -0.393 e. The first-order chi connectivity index (χ1) is 7.29. The van der Waals surface area contributed by atoms with Crippen molar-refractivity contribution < 1.29 is 4.79 Å². The van der Waals surface area contributed by atoms with E-state index in [-0.39, 0.29) is 23.5 Å². The maximum atomic E-state index is 11.7. The van der Waals surface area contributed by atoms with Gasteiger partial charge in [0.1, 0.15) is 0 Å². The summed E-state index contributed by atoms with van der Waals surface area (Å²) in [6, 6.07) is -0.0412. The molecule has 1 aliphatic carbocycles. The van der Waals surface area contributed by atoms with Gasteiger partial charge in [0.15, 0.2) is 0 Å². The van der Waals surface area contributed by atoms with E-state index in [0.717, 1.165) is 19.3 Å². The van der Waals surface area contributed by atoms with Gasteiger partial charge >= 0.3 is 6.03 Å². The van der Waals surface area contributed by atoms with Crippen LogP contribution >= 0.6 is 12.2 Å². The van der Waals surface area contributed by atoms with Gasteiger partial charge < -0.3 is 16.4 Å². The van der Waals surface area contributed by atoms with Crippen molar-refractivity contribution in [1.82, 2.24) is 10.6 Å². The number of hydrogen-bond donors (Lipinski definition) is 3. The number of rotatable bonds is 2. The third-order valence-corrected chi connectivity index (χ3v) is 2.99. The fourth-order valence-electron chi connectivity index (χ4n) is 2.02. The Labute approximate surface area is 102 Å². The summed E-state index contributed by atoms with van der Waals surface area (Å²) in [6.07, 6.45) is 3.01. The number of thiocarbonyl (C=S) groups is 1. The number of hydrogen-bond acceptors (Lipinski definition) is 2. The van der Waals surface area contributed by atoms with Crippen LogP contribution in [-0.2, 0) is 0 Å². The van der Waals surface area contributed by atoms with Crippen LogP contribution in [0.2, 0.25) is 0 Å². The minimum absolute atomic E-state index is 0.0971. The Kier molecular flexibility index (Phi) is 4.13. The summed E-state index contributed by atoms with van der Waals surface area (Å²) in [5, 5.41) is 5.82. The first-order valence-corrected chi connectivity index (χ1v) is 6.08. The van der Waals surface area contributed by atoms with Crippen LogP contribution in [0.15, 0.2) is 0 Å². The van der Waals surface area contributed by atoms with Gasteiger partial charge in [-0.2, -0.15) is 0 Å². The molecule has 0 aromatic carbocycles. The molecule has 2 atom stereocenters. The van der Waals surface area contributed by atoms with E-state index in [1.54, 1.807) is 0 Å². The average Bonchev–Trinajstić information content (AvgIpc) is 2.47. The molecule has 1 fully saturated rings. The first-order valence-electron chi connectivity index (χ1n) is 5.67. The SMILES string of the molecule is CC(C)(C)NC(=O)NC1CCCC1C(N)=S. The number of nitrogens with one attached hydrogen (secondary N) is 2. The number of amides is 2. The molecule has 4 nitrogen and oxygen atoms in total. The molecule has 2 unspecified atom stereocenters. The van der Waals surface area contributed by atoms with Gasteiger partial charge in [0.25, 0.3) is 0 Å². The molecular weight excluding hydrogens is 222 g/mol. The highest BCUT2D eigenvalue weighted by molar-refractivity contribution is 7.80. The van der Waals surface area contributed by atoms with E-state index >= 15 is 0 Å². The normalized spacial score (nSPS) is 25.2. The third kappa shape index (κ3) is 3.96. The third-order valence-electron chi connectivity index (χ3n) is 2.69. The second kappa shape index (κ2) is 4.99. The molecule has 0 aliphatic heterocycles. The zero-order chi connectivity index (χ0) is 12.3. The van der Waals surface area contributed by atoms with Crippen LogP contribution in [0.4, 0.5) is 4.79 Å². The Hall–Kier alpha value is -0.840. The van der Waals surface area contributed by atoms with Crippen LogP contribution in [0.3, 0.4) is 0 Å². The first kappa shape index (κ1) is 13.2. The lowest BCUT2D eigenvalue weighted by Crippen LogP contribution is -2.51. The molecule has 92 valence electrons. The van der Waals surface area contributed by atoms with E-state index in [1.807, 2.05) is 20.8 Å². The minimum atomic E-state index is -0.221. The lowest BCUT2D eigenvalue weighted by Gasteiger charge is -2.25. The fourth-order valence-corrected chi connectivity index (χ4v) is 2.30. The second-order valence-corrected chi connectivity index (χ2v) is 5.87. The van der Waals surface area contributed by atoms with Crippen molar-refractivity contribution in [3.05, 3.63) is 0 Å². The largest absolute Gasteiger partial charge is 0.393 e. The summed E-state index contributed by atoms with van der Waals surface area (Å²) >= 11 is 5.00. The van der Waals surface area contributed by atoms with Gasteiger partial charge in [0.05, 0.1) is 4.99 Å². The molecular formula is C11H21N3OS. The molecule has 0 bridgehead atoms. The molecule has 0 radical (unpaired) electrons. The van der Waals surface area contributed by atoms with Gasteiger partial charge in [-0.15, -0.1) is 0 Å². The predicted octanol–water partition coefficient (Wildman–Crippen LogP) is 1.54. The van der Waals surface area contributed by atoms with Crippen molar-refractivity contribution in [2.45, 2.75) is 51.6 Å². The van der Waals surface area contributed by atoms with Crippen molar-refractivity contribution in [1.29, 1.82) is 0 Å². The van der Waals surface area contributed by atoms with Crippen molar-refractivity contribution in [2.24, 2.45) is 11.7 Å². The number of carbonyl (C=O) groups excluding carboxylic acids is 1. The lowest BCUT2D eigenvalue weighted by molar-refractivity contribution is 0.227. The monoisotopic (exact) mass is 243 g/mol. The van der Waals surface area contributed by atoms with Gasteiger partial charge in [-0.1, -0.05) is 18.6 Å². The molecule has 0 spiro atoms. The molecule has 0 aromatic heterocycles. The zero-order valence-corrected chi connectivity index (χ0v) is 11.0. The molecule has 1 saturated carbocycles. The molecule has 2 amide bonds. The quantitative estimate of drug-likeness (QED) is 0.644. The van der Waals surface area contributed by atoms with Gasteiger partial charge in [0, 0.05) is 17.5 Å². The van der Waals surface area contributed by atoms with Crippen LogP contribution in [0.1, 0.15) is 40.0 Å². The fraction of sp³-hybridized carbons (Fsp3) is 0.818. The maximum absolute atomic E-state index is 11.7. The standard InChI is InChI=1S/C11H21N3OS/c1-11(2,3)14-10(15)13-8-6-4-5-7(8)9(12)16/h7-8H,4-6H2,1-3H3,(H2,12,16)(H2,13,14,15). The Morgan fingerprint density at radius 2 is 2.00 bits per heavy atom. The van der Waals surface area contributed by atoms with E-state index < -0.39 is 0 Å². The Morgan fingerprint density at radius 1 is 1.38 bits per heavy atom. The molecule has 0 aromatic rings. The smallest absolute Gasteiger partial charge is 0.315 e. The average molecular weight is 243 g/mol. The summed E-state index contributed by atoms with van der Waals surface area (Å²) < 4.78 is 0. The molecule has 5 heteroatoms. The van der Waals surface area contributed by atoms with Gasteiger partial charge in [-0.25, -0.2) is 4.79 Å². The highest BCUT2D eigenvalue weighted by Gasteiger charge is 2.31. The van der Waals surface area contributed by atoms with Gasteiger partial charge in [-0.3, -0.25) is 0 Å². The molecule has 16 heavy (non-hydrogen) atoms. The van der Waals surface area contributed by atoms with Crippen LogP contribution in [0, 0.1) is 5.92 Å². The maximum Gasteiger partial charge on any atom is 0.315 e. The second-order valence-electron chi connectivity index (χ2n) is 5.39. The van der Waals surface area contributed by atoms with E-state index in [1.165, 1.54) is 0 Å². The van der Waals surface area contributed by atoms with Gasteiger partial charge in [0.2, 0.25) is 0 Å². The molecule has 4 N–H and O–H groups in total. The predicted molar refractivity (Wildman–Crippen MR) is 69.3 cm³/mol. The Bertz CT molecular complexity index is 285. The van der Waals surface area contributed by atoms with E-state index in [2.05, 4.69) is 10.6 Å². The Balaban J connectivity index is 2.47. The van der Waals surface area contributed by atoms with Crippen LogP contribution in [0.25, 0.3) is 0 Å². The van der Waals surface area contributed by atoms with Crippen LogP contribution < -0.4 is 16.4 Å². The van der Waals surface area contributed by atoms with E-state index in [9.17, 15) is 4.79 Å². The number of urea groups is 1. The van der Waals surface area contributed by atoms with Crippen LogP contribution in [-0.4, -0.2) is 22.6 Å². The van der Waals surface area contributed by atoms with Crippen molar-refractivity contribution in [3.8, 4) is 0 Å². The Morgan fingerprint density at radius 3 is 2.50 bits per heavy atom. The van der Waals surface area contributed by atoms with Crippen molar-refractivity contribution in [3.63, 3.8) is 0 Å². The van der Waals surface area contributed by atoms with E-state index in [4.69, 9.17) is 18.0 Å². The molecule has 0 heterocycles. The number of carbonyl (C=O) groups is 1. The zero-order valence-electron chi connectivity index (χ0n) is 10.2. The van der Waals surface area contributed by atoms with Crippen molar-refractivity contribution in [2.75, 3.05) is 0 Å².